The molecule has 4 nitrogen and oxygen atoms in total. The fourth-order valence-corrected chi connectivity index (χ4v) is 3.77. The van der Waals surface area contributed by atoms with Crippen LogP contribution in [0.5, 0.6) is 5.75 Å². The molecular formula is C12H13Cl3O4S. The molecule has 1 aliphatic heterocycles. The lowest BCUT2D eigenvalue weighted by Crippen LogP contribution is -2.11. The SMILES string of the molecule is O=S(=O)(Cl)c1cc(Cl)c(OCCC2CCCO2)cc1Cl. The standard InChI is InChI=1S/C12H13Cl3O4S/c13-9-7-12(20(15,16)17)10(14)6-11(9)19-5-3-8-2-1-4-18-8/h6-8H,1-5H2. The Morgan fingerprint density at radius 3 is 2.65 bits per heavy atom. The lowest BCUT2D eigenvalue weighted by atomic mass is 10.2. The summed E-state index contributed by atoms with van der Waals surface area (Å²) in [7, 11) is 1.32. The molecule has 1 unspecified atom stereocenters. The van der Waals surface area contributed by atoms with Crippen LogP contribution in [0.4, 0.5) is 0 Å². The molecule has 1 heterocycles. The Labute approximate surface area is 132 Å². The van der Waals surface area contributed by atoms with Crippen molar-refractivity contribution in [3.8, 4) is 5.75 Å². The van der Waals surface area contributed by atoms with Gasteiger partial charge in [0.25, 0.3) is 9.05 Å². The second kappa shape index (κ2) is 6.71. The van der Waals surface area contributed by atoms with Crippen LogP contribution in [0.25, 0.3) is 0 Å². The van der Waals surface area contributed by atoms with E-state index in [0.717, 1.165) is 25.9 Å². The van der Waals surface area contributed by atoms with Crippen LogP contribution in [0, 0.1) is 0 Å². The first-order valence-corrected chi connectivity index (χ1v) is 9.12. The van der Waals surface area contributed by atoms with Crippen molar-refractivity contribution in [2.75, 3.05) is 13.2 Å². The van der Waals surface area contributed by atoms with E-state index in [-0.39, 0.29) is 21.0 Å². The maximum atomic E-state index is 11.3. The van der Waals surface area contributed by atoms with Crippen molar-refractivity contribution in [2.45, 2.75) is 30.3 Å². The average Bonchev–Trinajstić information content (AvgIpc) is 2.84. The van der Waals surface area contributed by atoms with Crippen molar-refractivity contribution in [1.82, 2.24) is 0 Å². The van der Waals surface area contributed by atoms with E-state index in [1.807, 2.05) is 0 Å². The molecule has 1 atom stereocenters. The normalized spacial score (nSPS) is 19.2. The minimum absolute atomic E-state index is 0.0171. The van der Waals surface area contributed by atoms with Gasteiger partial charge < -0.3 is 9.47 Å². The molecule has 0 bridgehead atoms. The van der Waals surface area contributed by atoms with Gasteiger partial charge in [-0.2, -0.15) is 0 Å². The van der Waals surface area contributed by atoms with Gasteiger partial charge in [0.2, 0.25) is 0 Å². The second-order valence-corrected chi connectivity index (χ2v) is 7.77. The highest BCUT2D eigenvalue weighted by atomic mass is 35.7. The highest BCUT2D eigenvalue weighted by molar-refractivity contribution is 8.13. The third-order valence-electron chi connectivity index (χ3n) is 2.97. The summed E-state index contributed by atoms with van der Waals surface area (Å²) in [5.41, 5.74) is 0. The summed E-state index contributed by atoms with van der Waals surface area (Å²) in [5.74, 6) is 0.332. The minimum atomic E-state index is -3.93. The molecule has 0 aliphatic carbocycles. The largest absolute Gasteiger partial charge is 0.492 e. The topological polar surface area (TPSA) is 52.6 Å². The Balaban J connectivity index is 2.03. The zero-order chi connectivity index (χ0) is 14.8. The highest BCUT2D eigenvalue weighted by Gasteiger charge is 2.19. The highest BCUT2D eigenvalue weighted by Crippen LogP contribution is 2.35. The maximum absolute atomic E-state index is 11.3. The van der Waals surface area contributed by atoms with Gasteiger partial charge in [-0.3, -0.25) is 0 Å². The van der Waals surface area contributed by atoms with E-state index in [2.05, 4.69) is 0 Å². The molecule has 8 heteroatoms. The zero-order valence-corrected chi connectivity index (χ0v) is 13.5. The van der Waals surface area contributed by atoms with Gasteiger partial charge in [0.1, 0.15) is 10.6 Å². The summed E-state index contributed by atoms with van der Waals surface area (Å²) in [4.78, 5) is -0.225. The maximum Gasteiger partial charge on any atom is 0.262 e. The van der Waals surface area contributed by atoms with Gasteiger partial charge in [0.15, 0.2) is 0 Å². The van der Waals surface area contributed by atoms with Crippen LogP contribution in [0.3, 0.4) is 0 Å². The summed E-state index contributed by atoms with van der Waals surface area (Å²) < 4.78 is 33.5. The quantitative estimate of drug-likeness (QED) is 0.749. The lowest BCUT2D eigenvalue weighted by molar-refractivity contribution is 0.0903. The van der Waals surface area contributed by atoms with Crippen LogP contribution < -0.4 is 4.74 Å². The molecule has 20 heavy (non-hydrogen) atoms. The average molecular weight is 360 g/mol. The van der Waals surface area contributed by atoms with E-state index in [9.17, 15) is 8.42 Å². The molecule has 112 valence electrons. The third kappa shape index (κ3) is 4.15. The Bertz CT molecular complexity index is 583. The monoisotopic (exact) mass is 358 g/mol. The Morgan fingerprint density at radius 1 is 1.30 bits per heavy atom. The molecule has 1 fully saturated rings. The summed E-state index contributed by atoms with van der Waals surface area (Å²) in [6.45, 7) is 1.22. The number of hydrogen-bond acceptors (Lipinski definition) is 4. The number of hydrogen-bond donors (Lipinski definition) is 0. The molecule has 0 spiro atoms. The molecule has 0 aromatic heterocycles. The molecule has 0 N–H and O–H groups in total. The third-order valence-corrected chi connectivity index (χ3v) is 5.05. The summed E-state index contributed by atoms with van der Waals surface area (Å²) in [6, 6.07) is 2.54. The van der Waals surface area contributed by atoms with E-state index >= 15 is 0 Å². The van der Waals surface area contributed by atoms with Crippen LogP contribution in [-0.2, 0) is 13.8 Å². The van der Waals surface area contributed by atoms with Crippen molar-refractivity contribution < 1.29 is 17.9 Å². The molecule has 2 rings (SSSR count). The van der Waals surface area contributed by atoms with E-state index in [1.165, 1.54) is 12.1 Å². The second-order valence-electron chi connectivity index (χ2n) is 4.42. The van der Waals surface area contributed by atoms with Gasteiger partial charge in [-0.05, 0) is 18.9 Å². The molecule has 1 aromatic carbocycles. The number of benzene rings is 1. The molecule has 0 saturated carbocycles. The molecule has 0 radical (unpaired) electrons. The lowest BCUT2D eigenvalue weighted by Gasteiger charge is -2.12. The Morgan fingerprint density at radius 2 is 2.05 bits per heavy atom. The van der Waals surface area contributed by atoms with E-state index in [0.29, 0.717) is 12.4 Å². The first-order valence-electron chi connectivity index (χ1n) is 6.06. The molecule has 0 amide bonds. The predicted octanol–water partition coefficient (Wildman–Crippen LogP) is 3.87. The zero-order valence-electron chi connectivity index (χ0n) is 10.4. The molecular weight excluding hydrogens is 347 g/mol. The molecule has 1 saturated heterocycles. The smallest absolute Gasteiger partial charge is 0.262 e. The van der Waals surface area contributed by atoms with Gasteiger partial charge >= 0.3 is 0 Å². The summed E-state index contributed by atoms with van der Waals surface area (Å²) in [5, 5.41) is 0.137. The van der Waals surface area contributed by atoms with Crippen LogP contribution in [0.15, 0.2) is 17.0 Å². The van der Waals surface area contributed by atoms with E-state index in [4.69, 9.17) is 43.4 Å². The summed E-state index contributed by atoms with van der Waals surface area (Å²) in [6.07, 6.45) is 3.07. The Kier molecular flexibility index (Phi) is 5.42. The van der Waals surface area contributed by atoms with Gasteiger partial charge in [-0.25, -0.2) is 8.42 Å². The van der Waals surface area contributed by atoms with Crippen LogP contribution >= 0.6 is 33.9 Å². The van der Waals surface area contributed by atoms with Gasteiger partial charge in [-0.15, -0.1) is 0 Å². The van der Waals surface area contributed by atoms with Crippen molar-refractivity contribution >= 4 is 42.9 Å². The van der Waals surface area contributed by atoms with Crippen LogP contribution in [0.1, 0.15) is 19.3 Å². The minimum Gasteiger partial charge on any atom is -0.492 e. The number of halogens is 3. The van der Waals surface area contributed by atoms with E-state index < -0.39 is 9.05 Å². The number of ether oxygens (including phenoxy) is 2. The van der Waals surface area contributed by atoms with Gasteiger partial charge in [0, 0.05) is 29.8 Å². The van der Waals surface area contributed by atoms with Crippen LogP contribution in [-0.4, -0.2) is 27.7 Å². The van der Waals surface area contributed by atoms with Crippen molar-refractivity contribution in [2.24, 2.45) is 0 Å². The van der Waals surface area contributed by atoms with Crippen molar-refractivity contribution in [3.05, 3.63) is 22.2 Å². The fourth-order valence-electron chi connectivity index (χ4n) is 1.98. The number of rotatable bonds is 5. The van der Waals surface area contributed by atoms with Crippen molar-refractivity contribution in [1.29, 1.82) is 0 Å². The molecule has 1 aliphatic rings. The van der Waals surface area contributed by atoms with Crippen LogP contribution in [0.2, 0.25) is 10.0 Å². The summed E-state index contributed by atoms with van der Waals surface area (Å²) >= 11 is 11.8. The first-order chi connectivity index (χ1) is 9.38. The predicted molar refractivity (Wildman–Crippen MR) is 78.6 cm³/mol. The van der Waals surface area contributed by atoms with Gasteiger partial charge in [-0.1, -0.05) is 23.2 Å². The Hall–Kier alpha value is -0.200. The van der Waals surface area contributed by atoms with Gasteiger partial charge in [0.05, 0.1) is 22.8 Å². The van der Waals surface area contributed by atoms with E-state index in [1.54, 1.807) is 0 Å². The molecule has 1 aromatic rings. The first kappa shape index (κ1) is 16.2. The fraction of sp³-hybridized carbons (Fsp3) is 0.500. The van der Waals surface area contributed by atoms with Crippen molar-refractivity contribution in [3.63, 3.8) is 0 Å².